The molecule has 3 N–H and O–H groups in total. The smallest absolute Gasteiger partial charge is 0.338 e. The number of carbonyl (C=O) groups is 2. The van der Waals surface area contributed by atoms with Gasteiger partial charge in [-0.15, -0.1) is 0 Å². The molecule has 0 aliphatic heterocycles. The first kappa shape index (κ1) is 12.7. The number of primary amides is 1. The van der Waals surface area contributed by atoms with Gasteiger partial charge in [0.25, 0.3) is 5.91 Å². The predicted octanol–water partition coefficient (Wildman–Crippen LogP) is 2.77. The highest BCUT2D eigenvalue weighted by atomic mass is 79.9. The average molecular weight is 402 g/mol. The lowest BCUT2D eigenvalue weighted by Crippen LogP contribution is -2.15. The number of aromatic carboxylic acids is 1. The summed E-state index contributed by atoms with van der Waals surface area (Å²) in [6, 6.07) is 1.47. The lowest BCUT2D eigenvalue weighted by atomic mass is 10.1. The van der Waals surface area contributed by atoms with Gasteiger partial charge >= 0.3 is 5.97 Å². The van der Waals surface area contributed by atoms with E-state index >= 15 is 0 Å². The summed E-state index contributed by atoms with van der Waals surface area (Å²) in [7, 11) is 0. The molecule has 80 valence electrons. The Hall–Kier alpha value is -0.400. The Kier molecular flexibility index (Phi) is 3.91. The van der Waals surface area contributed by atoms with E-state index in [0.717, 1.165) is 0 Å². The van der Waals surface area contributed by atoms with Gasteiger partial charge in [0.2, 0.25) is 0 Å². The number of carboxylic acid groups (broad SMARTS) is 1. The van der Waals surface area contributed by atoms with Crippen LogP contribution in [0.1, 0.15) is 20.7 Å². The molecule has 0 fully saturated rings. The van der Waals surface area contributed by atoms with Crippen LogP contribution >= 0.6 is 47.8 Å². The molecule has 7 heteroatoms. The Bertz CT molecular complexity index is 421. The van der Waals surface area contributed by atoms with E-state index in [0.29, 0.717) is 8.95 Å². The fourth-order valence-electron chi connectivity index (χ4n) is 1.01. The van der Waals surface area contributed by atoms with Gasteiger partial charge in [-0.3, -0.25) is 4.79 Å². The first-order valence-corrected chi connectivity index (χ1v) is 5.94. The van der Waals surface area contributed by atoms with Crippen LogP contribution in [0.25, 0.3) is 0 Å². The highest BCUT2D eigenvalue weighted by Gasteiger charge is 2.21. The summed E-state index contributed by atoms with van der Waals surface area (Å²) in [4.78, 5) is 22.0. The fraction of sp³-hybridized carbons (Fsp3) is 0. The van der Waals surface area contributed by atoms with Crippen LogP contribution in [-0.4, -0.2) is 17.0 Å². The molecule has 0 aliphatic rings. The second kappa shape index (κ2) is 4.63. The van der Waals surface area contributed by atoms with Crippen molar-refractivity contribution in [3.63, 3.8) is 0 Å². The summed E-state index contributed by atoms with van der Waals surface area (Å²) in [6.45, 7) is 0. The Morgan fingerprint density at radius 3 is 2.00 bits per heavy atom. The Morgan fingerprint density at radius 2 is 1.60 bits per heavy atom. The second-order valence-electron chi connectivity index (χ2n) is 2.57. The molecule has 0 radical (unpaired) electrons. The van der Waals surface area contributed by atoms with Gasteiger partial charge in [-0.25, -0.2) is 4.79 Å². The zero-order chi connectivity index (χ0) is 11.7. The zero-order valence-electron chi connectivity index (χ0n) is 7.05. The molecule has 4 nitrogen and oxygen atoms in total. The Balaban J connectivity index is 3.64. The molecule has 0 saturated heterocycles. The van der Waals surface area contributed by atoms with Gasteiger partial charge in [0, 0.05) is 13.4 Å². The number of rotatable bonds is 2. The van der Waals surface area contributed by atoms with E-state index in [1.807, 2.05) is 0 Å². The third-order valence-electron chi connectivity index (χ3n) is 1.63. The summed E-state index contributed by atoms with van der Waals surface area (Å²) in [5.41, 5.74) is 5.20. The molecule has 0 aromatic heterocycles. The molecule has 0 spiro atoms. The standard InChI is InChI=1S/C8H4Br3NO3/c9-2-1-3(10)5(8(14)15)6(11)4(2)7(12)13/h1H,(H2,12,13)(H,14,15). The molecule has 15 heavy (non-hydrogen) atoms. The van der Waals surface area contributed by atoms with Gasteiger partial charge in [0.1, 0.15) is 0 Å². The molecule has 0 atom stereocenters. The van der Waals surface area contributed by atoms with Gasteiger partial charge in [0.05, 0.1) is 11.1 Å². The van der Waals surface area contributed by atoms with Gasteiger partial charge < -0.3 is 10.8 Å². The van der Waals surface area contributed by atoms with Crippen molar-refractivity contribution < 1.29 is 14.7 Å². The molecular formula is C8H4Br3NO3. The maximum absolute atomic E-state index is 11.1. The van der Waals surface area contributed by atoms with E-state index < -0.39 is 11.9 Å². The lowest BCUT2D eigenvalue weighted by Gasteiger charge is -2.08. The number of hydrogen-bond acceptors (Lipinski definition) is 2. The van der Waals surface area contributed by atoms with Gasteiger partial charge in [-0.2, -0.15) is 0 Å². The SMILES string of the molecule is NC(=O)c1c(Br)cc(Br)c(C(=O)O)c1Br. The number of carbonyl (C=O) groups excluding carboxylic acids is 1. The van der Waals surface area contributed by atoms with Crippen molar-refractivity contribution in [3.05, 3.63) is 30.6 Å². The van der Waals surface area contributed by atoms with Crippen LogP contribution in [0.4, 0.5) is 0 Å². The van der Waals surface area contributed by atoms with Crippen LogP contribution in [0.3, 0.4) is 0 Å². The van der Waals surface area contributed by atoms with Crippen LogP contribution in [0.2, 0.25) is 0 Å². The van der Waals surface area contributed by atoms with E-state index in [-0.39, 0.29) is 15.6 Å². The van der Waals surface area contributed by atoms with Crippen molar-refractivity contribution >= 4 is 59.7 Å². The molecule has 1 rings (SSSR count). The summed E-state index contributed by atoms with van der Waals surface area (Å²) in [5, 5.41) is 8.92. The minimum absolute atomic E-state index is 0.0352. The van der Waals surface area contributed by atoms with E-state index in [1.54, 1.807) is 0 Å². The molecule has 1 aromatic rings. The van der Waals surface area contributed by atoms with Crippen molar-refractivity contribution in [2.75, 3.05) is 0 Å². The maximum atomic E-state index is 11.1. The van der Waals surface area contributed by atoms with Crippen LogP contribution < -0.4 is 5.73 Å². The molecule has 1 aromatic carbocycles. The second-order valence-corrected chi connectivity index (χ2v) is 5.08. The van der Waals surface area contributed by atoms with E-state index in [1.165, 1.54) is 6.07 Å². The summed E-state index contributed by atoms with van der Waals surface area (Å²) in [5.74, 6) is -1.85. The lowest BCUT2D eigenvalue weighted by molar-refractivity contribution is 0.0695. The highest BCUT2D eigenvalue weighted by Crippen LogP contribution is 2.34. The first-order chi connectivity index (χ1) is 6.86. The maximum Gasteiger partial charge on any atom is 0.338 e. The number of amides is 1. The van der Waals surface area contributed by atoms with Crippen molar-refractivity contribution in [2.24, 2.45) is 5.73 Å². The van der Waals surface area contributed by atoms with E-state index in [9.17, 15) is 9.59 Å². The third kappa shape index (κ3) is 2.40. The van der Waals surface area contributed by atoms with E-state index in [4.69, 9.17) is 10.8 Å². The van der Waals surface area contributed by atoms with Crippen molar-refractivity contribution in [1.29, 1.82) is 0 Å². The molecule has 0 bridgehead atoms. The minimum Gasteiger partial charge on any atom is -0.478 e. The van der Waals surface area contributed by atoms with Crippen molar-refractivity contribution in [3.8, 4) is 0 Å². The first-order valence-electron chi connectivity index (χ1n) is 3.56. The van der Waals surface area contributed by atoms with Crippen molar-refractivity contribution in [1.82, 2.24) is 0 Å². The van der Waals surface area contributed by atoms with E-state index in [2.05, 4.69) is 47.8 Å². The Morgan fingerprint density at radius 1 is 1.13 bits per heavy atom. The summed E-state index contributed by atoms with van der Waals surface area (Å²) >= 11 is 9.26. The van der Waals surface area contributed by atoms with Crippen LogP contribution in [0.5, 0.6) is 0 Å². The Labute approximate surface area is 110 Å². The number of carboxylic acids is 1. The van der Waals surface area contributed by atoms with Gasteiger partial charge in [-0.1, -0.05) is 0 Å². The topological polar surface area (TPSA) is 80.4 Å². The highest BCUT2D eigenvalue weighted by molar-refractivity contribution is 9.11. The normalized spacial score (nSPS) is 10.1. The third-order valence-corrected chi connectivity index (χ3v) is 3.67. The van der Waals surface area contributed by atoms with Crippen LogP contribution in [0.15, 0.2) is 19.5 Å². The summed E-state index contributed by atoms with van der Waals surface area (Å²) < 4.78 is 0.946. The zero-order valence-corrected chi connectivity index (χ0v) is 11.8. The minimum atomic E-state index is -1.15. The molecule has 0 aliphatic carbocycles. The average Bonchev–Trinajstić information content (AvgIpc) is 1.99. The molecule has 0 unspecified atom stereocenters. The fourth-order valence-corrected chi connectivity index (χ4v) is 3.86. The monoisotopic (exact) mass is 399 g/mol. The van der Waals surface area contributed by atoms with Crippen LogP contribution in [0, 0.1) is 0 Å². The van der Waals surface area contributed by atoms with Crippen LogP contribution in [-0.2, 0) is 0 Å². The summed E-state index contributed by atoms with van der Waals surface area (Å²) in [6.07, 6.45) is 0. The quantitative estimate of drug-likeness (QED) is 0.799. The van der Waals surface area contributed by atoms with Gasteiger partial charge in [0.15, 0.2) is 0 Å². The number of nitrogens with two attached hydrogens (primary N) is 1. The van der Waals surface area contributed by atoms with Crippen molar-refractivity contribution in [2.45, 2.75) is 0 Å². The molecule has 1 amide bonds. The predicted molar refractivity (Wildman–Crippen MR) is 65.0 cm³/mol. The number of halogens is 3. The molecule has 0 heterocycles. The largest absolute Gasteiger partial charge is 0.478 e. The van der Waals surface area contributed by atoms with Gasteiger partial charge in [-0.05, 0) is 53.9 Å². The molecule has 0 saturated carbocycles. The molecular weight excluding hydrogens is 398 g/mol. The number of benzene rings is 1. The number of hydrogen-bond donors (Lipinski definition) is 2.